The van der Waals surface area contributed by atoms with Crippen molar-refractivity contribution in [1.82, 2.24) is 24.5 Å². The Morgan fingerprint density at radius 2 is 1.90 bits per heavy atom. The molecule has 1 atom stereocenters. The fourth-order valence-corrected chi connectivity index (χ4v) is 5.11. The Hall–Kier alpha value is -2.48. The van der Waals surface area contributed by atoms with Gasteiger partial charge in [0.15, 0.2) is 5.65 Å². The van der Waals surface area contributed by atoms with Gasteiger partial charge in [-0.3, -0.25) is 4.79 Å². The molecule has 5 heterocycles. The van der Waals surface area contributed by atoms with Crippen LogP contribution in [0.2, 0.25) is 0 Å². The minimum absolute atomic E-state index is 0.0120. The van der Waals surface area contributed by atoms with E-state index in [1.54, 1.807) is 0 Å². The molecule has 5 rings (SSSR count). The summed E-state index contributed by atoms with van der Waals surface area (Å²) in [5, 5.41) is 7.60. The van der Waals surface area contributed by atoms with Crippen molar-refractivity contribution in [1.29, 1.82) is 0 Å². The summed E-state index contributed by atoms with van der Waals surface area (Å²) >= 11 is 1.52. The second kappa shape index (κ2) is 7.40. The number of piperidine rings is 1. The van der Waals surface area contributed by atoms with Gasteiger partial charge >= 0.3 is 0 Å². The lowest BCUT2D eigenvalue weighted by Gasteiger charge is -2.34. The molecular weight excluding hydrogens is 384 g/mol. The second-order valence-electron chi connectivity index (χ2n) is 8.08. The van der Waals surface area contributed by atoms with E-state index in [4.69, 9.17) is 10.1 Å². The standard InChI is InChI=1S/C21H26N6OS/c1-14-12-27-19(23-20(14)25-8-5-6-9-25)11-16(24-27)18-7-3-4-10-26(18)21(28)17-13-29-15(2)22-17/h11-13,18H,3-10H2,1-2H3/t18-/m0/s1. The Labute approximate surface area is 174 Å². The van der Waals surface area contributed by atoms with Crippen LogP contribution in [0.1, 0.15) is 64.9 Å². The summed E-state index contributed by atoms with van der Waals surface area (Å²) < 4.78 is 1.87. The Morgan fingerprint density at radius 1 is 1.10 bits per heavy atom. The molecule has 1 amide bonds. The quantitative estimate of drug-likeness (QED) is 0.658. The van der Waals surface area contributed by atoms with Crippen LogP contribution in [-0.4, -0.2) is 50.0 Å². The highest BCUT2D eigenvalue weighted by Crippen LogP contribution is 2.32. The Bertz CT molecular complexity index is 1050. The zero-order valence-corrected chi connectivity index (χ0v) is 17.8. The van der Waals surface area contributed by atoms with Crippen molar-refractivity contribution in [2.24, 2.45) is 0 Å². The molecule has 2 fully saturated rings. The van der Waals surface area contributed by atoms with E-state index in [0.717, 1.165) is 66.6 Å². The van der Waals surface area contributed by atoms with Crippen LogP contribution in [0.25, 0.3) is 5.65 Å². The largest absolute Gasteiger partial charge is 0.356 e. The molecule has 0 unspecified atom stereocenters. The van der Waals surface area contributed by atoms with Crippen LogP contribution in [-0.2, 0) is 0 Å². The van der Waals surface area contributed by atoms with Gasteiger partial charge in [-0.15, -0.1) is 11.3 Å². The van der Waals surface area contributed by atoms with E-state index < -0.39 is 0 Å². The molecule has 0 aliphatic carbocycles. The molecule has 3 aromatic rings. The lowest BCUT2D eigenvalue weighted by atomic mass is 9.99. The molecule has 3 aromatic heterocycles. The second-order valence-corrected chi connectivity index (χ2v) is 9.14. The van der Waals surface area contributed by atoms with E-state index in [2.05, 4.69) is 29.1 Å². The number of carbonyl (C=O) groups excluding carboxylic acids is 1. The van der Waals surface area contributed by atoms with Gasteiger partial charge in [-0.2, -0.15) is 5.10 Å². The average molecular weight is 411 g/mol. The number of nitrogens with zero attached hydrogens (tertiary/aromatic N) is 6. The summed E-state index contributed by atoms with van der Waals surface area (Å²) in [4.78, 5) is 26.7. The molecule has 2 aliphatic rings. The topological polar surface area (TPSA) is 66.6 Å². The van der Waals surface area contributed by atoms with E-state index in [1.807, 2.05) is 21.7 Å². The van der Waals surface area contributed by atoms with Gasteiger partial charge in [0.1, 0.15) is 11.5 Å². The number of aromatic nitrogens is 4. The van der Waals surface area contributed by atoms with Crippen LogP contribution in [0.4, 0.5) is 5.82 Å². The van der Waals surface area contributed by atoms with Gasteiger partial charge < -0.3 is 9.80 Å². The first kappa shape index (κ1) is 18.5. The molecular formula is C21H26N6OS. The zero-order chi connectivity index (χ0) is 20.0. The first-order valence-corrected chi connectivity index (χ1v) is 11.3. The summed E-state index contributed by atoms with van der Waals surface area (Å²) in [6, 6.07) is 2.04. The number of rotatable bonds is 3. The van der Waals surface area contributed by atoms with E-state index >= 15 is 0 Å². The molecule has 0 saturated carbocycles. The summed E-state index contributed by atoms with van der Waals surface area (Å²) in [5.74, 6) is 1.08. The molecule has 0 bridgehead atoms. The van der Waals surface area contributed by atoms with Gasteiger partial charge in [0, 0.05) is 42.8 Å². The molecule has 0 spiro atoms. The van der Waals surface area contributed by atoms with Crippen molar-refractivity contribution in [3.05, 3.63) is 39.6 Å². The van der Waals surface area contributed by atoms with Crippen LogP contribution in [0.15, 0.2) is 17.6 Å². The number of likely N-dealkylation sites (tertiary alicyclic amines) is 1. The van der Waals surface area contributed by atoms with Gasteiger partial charge in [0.25, 0.3) is 5.91 Å². The highest BCUT2D eigenvalue weighted by molar-refractivity contribution is 7.09. The fraction of sp³-hybridized carbons (Fsp3) is 0.524. The van der Waals surface area contributed by atoms with Crippen LogP contribution in [0, 0.1) is 13.8 Å². The van der Waals surface area contributed by atoms with Crippen molar-refractivity contribution in [2.75, 3.05) is 24.5 Å². The monoisotopic (exact) mass is 410 g/mol. The van der Waals surface area contributed by atoms with E-state index in [1.165, 1.54) is 24.2 Å². The fourth-order valence-electron chi connectivity index (χ4n) is 4.52. The number of fused-ring (bicyclic) bond motifs is 1. The lowest BCUT2D eigenvalue weighted by Crippen LogP contribution is -2.38. The maximum atomic E-state index is 13.1. The van der Waals surface area contributed by atoms with Crippen LogP contribution in [0.5, 0.6) is 0 Å². The normalized spacial score (nSPS) is 20.0. The molecule has 152 valence electrons. The summed E-state index contributed by atoms with van der Waals surface area (Å²) in [5.41, 5.74) is 3.47. The number of amides is 1. The van der Waals surface area contributed by atoms with Crippen LogP contribution >= 0.6 is 11.3 Å². The van der Waals surface area contributed by atoms with Gasteiger partial charge in [-0.05, 0) is 46.0 Å². The number of aryl methyl sites for hydroxylation is 2. The maximum absolute atomic E-state index is 13.1. The minimum atomic E-state index is -0.0181. The Kier molecular flexibility index (Phi) is 4.73. The highest BCUT2D eigenvalue weighted by atomic mass is 32.1. The smallest absolute Gasteiger partial charge is 0.273 e. The molecule has 0 aromatic carbocycles. The molecule has 2 saturated heterocycles. The summed E-state index contributed by atoms with van der Waals surface area (Å²) in [6.07, 6.45) is 7.58. The SMILES string of the molecule is Cc1nc(C(=O)N2CCCC[C@H]2c2cc3nc(N4CCCC4)c(C)cn3n2)cs1. The predicted molar refractivity (Wildman–Crippen MR) is 114 cm³/mol. The van der Waals surface area contributed by atoms with Crippen LogP contribution in [0.3, 0.4) is 0 Å². The number of hydrogen-bond acceptors (Lipinski definition) is 6. The van der Waals surface area contributed by atoms with Gasteiger partial charge in [0.2, 0.25) is 0 Å². The number of carbonyl (C=O) groups is 1. The third-order valence-electron chi connectivity index (χ3n) is 5.97. The zero-order valence-electron chi connectivity index (χ0n) is 17.0. The molecule has 8 heteroatoms. The van der Waals surface area contributed by atoms with Crippen molar-refractivity contribution in [3.63, 3.8) is 0 Å². The predicted octanol–water partition coefficient (Wildman–Crippen LogP) is 3.77. The third-order valence-corrected chi connectivity index (χ3v) is 6.75. The van der Waals surface area contributed by atoms with Crippen molar-refractivity contribution in [2.45, 2.75) is 52.0 Å². The van der Waals surface area contributed by atoms with Gasteiger partial charge in [-0.1, -0.05) is 0 Å². The van der Waals surface area contributed by atoms with E-state index in [9.17, 15) is 4.79 Å². The highest BCUT2D eigenvalue weighted by Gasteiger charge is 2.32. The van der Waals surface area contributed by atoms with Crippen molar-refractivity contribution < 1.29 is 4.79 Å². The third kappa shape index (κ3) is 3.39. The number of thiazole rings is 1. The van der Waals surface area contributed by atoms with E-state index in [0.29, 0.717) is 5.69 Å². The Morgan fingerprint density at radius 3 is 2.66 bits per heavy atom. The average Bonchev–Trinajstić information content (AvgIpc) is 3.47. The minimum Gasteiger partial charge on any atom is -0.356 e. The summed E-state index contributed by atoms with van der Waals surface area (Å²) in [7, 11) is 0. The molecule has 0 N–H and O–H groups in total. The lowest BCUT2D eigenvalue weighted by molar-refractivity contribution is 0.0600. The number of anilines is 1. The molecule has 7 nitrogen and oxygen atoms in total. The summed E-state index contributed by atoms with van der Waals surface area (Å²) in [6.45, 7) is 6.93. The van der Waals surface area contributed by atoms with Gasteiger partial charge in [0.05, 0.1) is 16.7 Å². The van der Waals surface area contributed by atoms with E-state index in [-0.39, 0.29) is 11.9 Å². The van der Waals surface area contributed by atoms with Crippen molar-refractivity contribution in [3.8, 4) is 0 Å². The molecule has 2 aliphatic heterocycles. The Balaban J connectivity index is 1.48. The maximum Gasteiger partial charge on any atom is 0.273 e. The first-order chi connectivity index (χ1) is 14.1. The molecule has 0 radical (unpaired) electrons. The van der Waals surface area contributed by atoms with Gasteiger partial charge in [-0.25, -0.2) is 14.5 Å². The first-order valence-electron chi connectivity index (χ1n) is 10.4. The van der Waals surface area contributed by atoms with Crippen LogP contribution < -0.4 is 4.90 Å². The van der Waals surface area contributed by atoms with Crippen molar-refractivity contribution >= 4 is 28.7 Å². The molecule has 29 heavy (non-hydrogen) atoms. The number of hydrogen-bond donors (Lipinski definition) is 0.